The molecule has 0 aromatic heterocycles. The molecular formula is C12H15ClINO2. The van der Waals surface area contributed by atoms with Crippen LogP contribution in [0.25, 0.3) is 0 Å². The number of carbonyl (C=O) groups is 1. The van der Waals surface area contributed by atoms with E-state index in [4.69, 9.17) is 11.6 Å². The summed E-state index contributed by atoms with van der Waals surface area (Å²) in [5, 5.41) is 12.3. The lowest BCUT2D eigenvalue weighted by atomic mass is 10.2. The fourth-order valence-corrected chi connectivity index (χ4v) is 2.07. The first-order valence-corrected chi connectivity index (χ1v) is 7.38. The lowest BCUT2D eigenvalue weighted by Crippen LogP contribution is -2.24. The smallest absolute Gasteiger partial charge is 0.251 e. The third kappa shape index (κ3) is 5.12. The van der Waals surface area contributed by atoms with E-state index < -0.39 is 0 Å². The molecule has 0 radical (unpaired) electrons. The SMILES string of the molecule is O=C(NCCCCCI)c1ccc(O)c(Cl)c1. The Morgan fingerprint density at radius 2 is 2.12 bits per heavy atom. The van der Waals surface area contributed by atoms with Gasteiger partial charge in [0.25, 0.3) is 5.91 Å². The molecule has 0 bridgehead atoms. The average molecular weight is 368 g/mol. The highest BCUT2D eigenvalue weighted by Crippen LogP contribution is 2.23. The van der Waals surface area contributed by atoms with Crippen molar-refractivity contribution in [2.24, 2.45) is 0 Å². The van der Waals surface area contributed by atoms with E-state index in [0.29, 0.717) is 12.1 Å². The van der Waals surface area contributed by atoms with E-state index in [1.165, 1.54) is 18.6 Å². The van der Waals surface area contributed by atoms with Crippen LogP contribution in [0.15, 0.2) is 18.2 Å². The summed E-state index contributed by atoms with van der Waals surface area (Å²) in [6.45, 7) is 0.675. The molecule has 0 aliphatic rings. The Hall–Kier alpha value is -0.490. The van der Waals surface area contributed by atoms with Gasteiger partial charge in [0.15, 0.2) is 0 Å². The minimum absolute atomic E-state index is 0.00902. The topological polar surface area (TPSA) is 49.3 Å². The molecule has 0 unspecified atom stereocenters. The zero-order valence-electron chi connectivity index (χ0n) is 9.38. The van der Waals surface area contributed by atoms with Crippen molar-refractivity contribution >= 4 is 40.1 Å². The summed E-state index contributed by atoms with van der Waals surface area (Å²) < 4.78 is 1.15. The predicted octanol–water partition coefficient (Wildman–Crippen LogP) is 3.38. The number of hydrogen-bond donors (Lipinski definition) is 2. The number of aromatic hydroxyl groups is 1. The van der Waals surface area contributed by atoms with Crippen molar-refractivity contribution in [1.29, 1.82) is 0 Å². The fraction of sp³-hybridized carbons (Fsp3) is 0.417. The van der Waals surface area contributed by atoms with Gasteiger partial charge in [-0.2, -0.15) is 0 Å². The number of alkyl halides is 1. The zero-order valence-corrected chi connectivity index (χ0v) is 12.3. The minimum Gasteiger partial charge on any atom is -0.506 e. The second-order valence-electron chi connectivity index (χ2n) is 3.67. The van der Waals surface area contributed by atoms with Gasteiger partial charge >= 0.3 is 0 Å². The number of phenols is 1. The minimum atomic E-state index is -0.152. The molecule has 0 aliphatic heterocycles. The van der Waals surface area contributed by atoms with Gasteiger partial charge < -0.3 is 10.4 Å². The van der Waals surface area contributed by atoms with Crippen LogP contribution < -0.4 is 5.32 Å². The lowest BCUT2D eigenvalue weighted by molar-refractivity contribution is 0.0953. The van der Waals surface area contributed by atoms with Crippen molar-refractivity contribution in [3.63, 3.8) is 0 Å². The van der Waals surface area contributed by atoms with Gasteiger partial charge in [-0.05, 0) is 35.5 Å². The van der Waals surface area contributed by atoms with E-state index in [1.807, 2.05) is 0 Å². The normalized spacial score (nSPS) is 10.2. The van der Waals surface area contributed by atoms with E-state index in [9.17, 15) is 9.90 Å². The summed E-state index contributed by atoms with van der Waals surface area (Å²) in [6.07, 6.45) is 3.29. The van der Waals surface area contributed by atoms with E-state index in [1.54, 1.807) is 6.07 Å². The van der Waals surface area contributed by atoms with Gasteiger partial charge in [-0.25, -0.2) is 0 Å². The molecule has 1 aromatic rings. The van der Waals surface area contributed by atoms with Gasteiger partial charge in [0.05, 0.1) is 5.02 Å². The molecule has 0 aliphatic carbocycles. The largest absolute Gasteiger partial charge is 0.506 e. The Balaban J connectivity index is 2.39. The number of benzene rings is 1. The van der Waals surface area contributed by atoms with Crippen molar-refractivity contribution in [2.45, 2.75) is 19.3 Å². The predicted molar refractivity (Wildman–Crippen MR) is 78.2 cm³/mol. The Kier molecular flexibility index (Phi) is 6.65. The molecule has 0 saturated heterocycles. The molecule has 0 spiro atoms. The molecule has 5 heteroatoms. The summed E-state index contributed by atoms with van der Waals surface area (Å²) in [7, 11) is 0. The van der Waals surface area contributed by atoms with Crippen LogP contribution >= 0.6 is 34.2 Å². The van der Waals surface area contributed by atoms with E-state index in [2.05, 4.69) is 27.9 Å². The number of rotatable bonds is 6. The van der Waals surface area contributed by atoms with Crippen LogP contribution in [0.1, 0.15) is 29.6 Å². The summed E-state index contributed by atoms with van der Waals surface area (Å²) >= 11 is 8.07. The Labute approximate surface area is 120 Å². The van der Waals surface area contributed by atoms with Gasteiger partial charge in [0.1, 0.15) is 5.75 Å². The van der Waals surface area contributed by atoms with Crippen molar-refractivity contribution in [3.05, 3.63) is 28.8 Å². The number of amides is 1. The van der Waals surface area contributed by atoms with E-state index in [-0.39, 0.29) is 16.7 Å². The first-order valence-electron chi connectivity index (χ1n) is 5.48. The third-order valence-corrected chi connectivity index (χ3v) is 3.37. The van der Waals surface area contributed by atoms with Crippen LogP contribution in [0.4, 0.5) is 0 Å². The van der Waals surface area contributed by atoms with Crippen LogP contribution in [-0.2, 0) is 0 Å². The van der Waals surface area contributed by atoms with Crippen LogP contribution in [-0.4, -0.2) is 22.0 Å². The summed E-state index contributed by atoms with van der Waals surface area (Å²) in [6, 6.07) is 4.45. The van der Waals surface area contributed by atoms with Crippen molar-refractivity contribution in [2.75, 3.05) is 11.0 Å². The number of hydrogen-bond acceptors (Lipinski definition) is 2. The van der Waals surface area contributed by atoms with Crippen molar-refractivity contribution < 1.29 is 9.90 Å². The maximum absolute atomic E-state index is 11.7. The average Bonchev–Trinajstić information content (AvgIpc) is 2.32. The fourth-order valence-electron chi connectivity index (χ4n) is 1.35. The maximum Gasteiger partial charge on any atom is 0.251 e. The molecule has 0 atom stereocenters. The molecule has 0 heterocycles. The van der Waals surface area contributed by atoms with Crippen LogP contribution in [0.2, 0.25) is 5.02 Å². The van der Waals surface area contributed by atoms with Crippen molar-refractivity contribution in [1.82, 2.24) is 5.32 Å². The molecule has 2 N–H and O–H groups in total. The lowest BCUT2D eigenvalue weighted by Gasteiger charge is -2.05. The maximum atomic E-state index is 11.7. The molecule has 94 valence electrons. The standard InChI is InChI=1S/C12H15ClINO2/c13-10-8-9(4-5-11(10)16)12(17)15-7-3-1-2-6-14/h4-5,8,16H,1-3,6-7H2,(H,15,17). The van der Waals surface area contributed by atoms with Gasteiger partial charge in [-0.1, -0.05) is 40.6 Å². The van der Waals surface area contributed by atoms with Crippen LogP contribution in [0.5, 0.6) is 5.75 Å². The molecule has 1 aromatic carbocycles. The van der Waals surface area contributed by atoms with Crippen LogP contribution in [0.3, 0.4) is 0 Å². The van der Waals surface area contributed by atoms with Crippen LogP contribution in [0, 0.1) is 0 Å². The van der Waals surface area contributed by atoms with Gasteiger partial charge in [0.2, 0.25) is 0 Å². The van der Waals surface area contributed by atoms with Gasteiger partial charge in [-0.3, -0.25) is 4.79 Å². The first-order chi connectivity index (χ1) is 8.15. The molecule has 17 heavy (non-hydrogen) atoms. The van der Waals surface area contributed by atoms with Gasteiger partial charge in [0, 0.05) is 12.1 Å². The third-order valence-electron chi connectivity index (χ3n) is 2.31. The summed E-state index contributed by atoms with van der Waals surface area (Å²) in [5.74, 6) is -0.161. The summed E-state index contributed by atoms with van der Waals surface area (Å²) in [4.78, 5) is 11.7. The zero-order chi connectivity index (χ0) is 12.7. The quantitative estimate of drug-likeness (QED) is 0.460. The second kappa shape index (κ2) is 7.76. The molecule has 1 amide bonds. The van der Waals surface area contributed by atoms with E-state index in [0.717, 1.165) is 17.3 Å². The summed E-state index contributed by atoms with van der Waals surface area (Å²) in [5.41, 5.74) is 0.474. The molecule has 1 rings (SSSR count). The molecule has 0 fully saturated rings. The van der Waals surface area contributed by atoms with E-state index >= 15 is 0 Å². The molecular weight excluding hydrogens is 352 g/mol. The number of phenolic OH excluding ortho intramolecular Hbond substituents is 1. The van der Waals surface area contributed by atoms with Gasteiger partial charge in [-0.15, -0.1) is 0 Å². The molecule has 0 saturated carbocycles. The second-order valence-corrected chi connectivity index (χ2v) is 5.16. The number of nitrogens with one attached hydrogen (secondary N) is 1. The Morgan fingerprint density at radius 3 is 2.76 bits per heavy atom. The number of halogens is 2. The molecule has 3 nitrogen and oxygen atoms in total. The first kappa shape index (κ1) is 14.6. The Morgan fingerprint density at radius 1 is 1.35 bits per heavy atom. The Bertz CT molecular complexity index is 385. The number of carbonyl (C=O) groups excluding carboxylic acids is 1. The van der Waals surface area contributed by atoms with Crippen molar-refractivity contribution in [3.8, 4) is 5.75 Å². The highest BCUT2D eigenvalue weighted by atomic mass is 127. The highest BCUT2D eigenvalue weighted by Gasteiger charge is 2.07. The number of unbranched alkanes of at least 4 members (excludes halogenated alkanes) is 2. The monoisotopic (exact) mass is 367 g/mol. The highest BCUT2D eigenvalue weighted by molar-refractivity contribution is 14.1.